The van der Waals surface area contributed by atoms with E-state index in [1.807, 2.05) is 12.1 Å². The molecule has 4 heteroatoms. The fourth-order valence-electron chi connectivity index (χ4n) is 3.08. The topological polar surface area (TPSA) is 55.2 Å². The maximum atomic E-state index is 11.0. The fraction of sp³-hybridized carbons (Fsp3) is 0.625. The second kappa shape index (κ2) is 6.84. The van der Waals surface area contributed by atoms with E-state index in [9.17, 15) is 10.1 Å². The zero-order valence-electron chi connectivity index (χ0n) is 12.3. The SMILES string of the molecule is CC(C)C1CCC(NCc2ccccc2[N+](=O)[O-])CC1. The van der Waals surface area contributed by atoms with E-state index in [2.05, 4.69) is 19.2 Å². The van der Waals surface area contributed by atoms with Crippen LogP contribution in [0.3, 0.4) is 0 Å². The van der Waals surface area contributed by atoms with E-state index >= 15 is 0 Å². The summed E-state index contributed by atoms with van der Waals surface area (Å²) < 4.78 is 0. The summed E-state index contributed by atoms with van der Waals surface area (Å²) in [4.78, 5) is 10.7. The molecule has 0 saturated heterocycles. The first kappa shape index (κ1) is 15.0. The minimum Gasteiger partial charge on any atom is -0.310 e. The lowest BCUT2D eigenvalue weighted by Gasteiger charge is -2.31. The van der Waals surface area contributed by atoms with Gasteiger partial charge in [0.2, 0.25) is 0 Å². The smallest absolute Gasteiger partial charge is 0.273 e. The predicted octanol–water partition coefficient (Wildman–Crippen LogP) is 3.90. The zero-order valence-corrected chi connectivity index (χ0v) is 12.3. The van der Waals surface area contributed by atoms with Gasteiger partial charge in [0.1, 0.15) is 0 Å². The molecule has 0 aromatic heterocycles. The Morgan fingerprint density at radius 3 is 2.50 bits per heavy atom. The number of nitrogens with zero attached hydrogens (tertiary/aromatic N) is 1. The van der Waals surface area contributed by atoms with Gasteiger partial charge in [-0.3, -0.25) is 10.1 Å². The van der Waals surface area contributed by atoms with E-state index in [4.69, 9.17) is 0 Å². The summed E-state index contributed by atoms with van der Waals surface area (Å²) in [7, 11) is 0. The Morgan fingerprint density at radius 2 is 1.90 bits per heavy atom. The van der Waals surface area contributed by atoms with Crippen LogP contribution in [0, 0.1) is 22.0 Å². The molecule has 1 aliphatic carbocycles. The lowest BCUT2D eigenvalue weighted by molar-refractivity contribution is -0.385. The van der Waals surface area contributed by atoms with Crippen molar-refractivity contribution < 1.29 is 4.92 Å². The normalized spacial score (nSPS) is 22.9. The quantitative estimate of drug-likeness (QED) is 0.655. The molecule has 1 fully saturated rings. The number of rotatable bonds is 5. The summed E-state index contributed by atoms with van der Waals surface area (Å²) in [6.07, 6.45) is 4.91. The predicted molar refractivity (Wildman–Crippen MR) is 80.5 cm³/mol. The summed E-state index contributed by atoms with van der Waals surface area (Å²) >= 11 is 0. The van der Waals surface area contributed by atoms with Gasteiger partial charge in [0.25, 0.3) is 5.69 Å². The summed E-state index contributed by atoms with van der Waals surface area (Å²) in [5, 5.41) is 14.5. The Labute approximate surface area is 120 Å². The van der Waals surface area contributed by atoms with Crippen LogP contribution in [0.15, 0.2) is 24.3 Å². The van der Waals surface area contributed by atoms with Gasteiger partial charge in [0.15, 0.2) is 0 Å². The fourth-order valence-corrected chi connectivity index (χ4v) is 3.08. The molecule has 0 bridgehead atoms. The Morgan fingerprint density at radius 1 is 1.25 bits per heavy atom. The second-order valence-electron chi connectivity index (χ2n) is 6.12. The van der Waals surface area contributed by atoms with Crippen LogP contribution in [-0.2, 0) is 6.54 Å². The lowest BCUT2D eigenvalue weighted by Crippen LogP contribution is -2.33. The van der Waals surface area contributed by atoms with Crippen LogP contribution >= 0.6 is 0 Å². The standard InChI is InChI=1S/C16H24N2O2/c1-12(2)13-7-9-15(10-8-13)17-11-14-5-3-4-6-16(14)18(19)20/h3-6,12-13,15,17H,7-11H2,1-2H3. The van der Waals surface area contributed by atoms with Crippen LogP contribution in [0.5, 0.6) is 0 Å². The van der Waals surface area contributed by atoms with E-state index in [1.165, 1.54) is 25.7 Å². The summed E-state index contributed by atoms with van der Waals surface area (Å²) in [6.45, 7) is 5.19. The van der Waals surface area contributed by atoms with Crippen LogP contribution < -0.4 is 5.32 Å². The minimum atomic E-state index is -0.299. The molecular weight excluding hydrogens is 252 g/mol. The first-order valence-electron chi connectivity index (χ1n) is 7.53. The van der Waals surface area contributed by atoms with Gasteiger partial charge >= 0.3 is 0 Å². The van der Waals surface area contributed by atoms with Gasteiger partial charge in [0.05, 0.1) is 4.92 Å². The van der Waals surface area contributed by atoms with Crippen molar-refractivity contribution in [2.45, 2.75) is 52.1 Å². The van der Waals surface area contributed by atoms with Crippen molar-refractivity contribution in [2.24, 2.45) is 11.8 Å². The molecule has 1 N–H and O–H groups in total. The molecule has 0 spiro atoms. The molecule has 0 unspecified atom stereocenters. The van der Waals surface area contributed by atoms with Crippen LogP contribution in [0.25, 0.3) is 0 Å². The average Bonchev–Trinajstić information content (AvgIpc) is 2.45. The molecule has 4 nitrogen and oxygen atoms in total. The monoisotopic (exact) mass is 276 g/mol. The second-order valence-corrected chi connectivity index (χ2v) is 6.12. The van der Waals surface area contributed by atoms with Crippen LogP contribution in [0.1, 0.15) is 45.1 Å². The molecule has 0 radical (unpaired) electrons. The molecule has 0 aliphatic heterocycles. The van der Waals surface area contributed by atoms with Crippen molar-refractivity contribution in [1.29, 1.82) is 0 Å². The Hall–Kier alpha value is -1.42. The van der Waals surface area contributed by atoms with Gasteiger partial charge in [-0.05, 0) is 37.5 Å². The average molecular weight is 276 g/mol. The third-order valence-electron chi connectivity index (χ3n) is 4.48. The highest BCUT2D eigenvalue weighted by molar-refractivity contribution is 5.39. The van der Waals surface area contributed by atoms with Gasteiger partial charge in [-0.1, -0.05) is 32.0 Å². The number of para-hydroxylation sites is 1. The minimum absolute atomic E-state index is 0.218. The Balaban J connectivity index is 1.86. The maximum Gasteiger partial charge on any atom is 0.273 e. The van der Waals surface area contributed by atoms with Crippen molar-refractivity contribution in [2.75, 3.05) is 0 Å². The van der Waals surface area contributed by atoms with E-state index in [-0.39, 0.29) is 10.6 Å². The molecular formula is C16H24N2O2. The zero-order chi connectivity index (χ0) is 14.5. The Bertz CT molecular complexity index is 452. The largest absolute Gasteiger partial charge is 0.310 e. The molecule has 0 amide bonds. The number of nitro benzene ring substituents is 1. The first-order chi connectivity index (χ1) is 9.58. The van der Waals surface area contributed by atoms with E-state index < -0.39 is 0 Å². The number of hydrogen-bond donors (Lipinski definition) is 1. The van der Waals surface area contributed by atoms with Gasteiger partial charge < -0.3 is 5.32 Å². The summed E-state index contributed by atoms with van der Waals surface area (Å²) in [5.74, 6) is 1.62. The summed E-state index contributed by atoms with van der Waals surface area (Å²) in [6, 6.07) is 7.50. The van der Waals surface area contributed by atoms with Crippen molar-refractivity contribution in [3.8, 4) is 0 Å². The van der Waals surface area contributed by atoms with Crippen molar-refractivity contribution >= 4 is 5.69 Å². The van der Waals surface area contributed by atoms with Crippen molar-refractivity contribution in [3.05, 3.63) is 39.9 Å². The van der Waals surface area contributed by atoms with Crippen molar-refractivity contribution in [3.63, 3.8) is 0 Å². The first-order valence-corrected chi connectivity index (χ1v) is 7.53. The number of benzene rings is 1. The number of nitro groups is 1. The molecule has 1 aromatic carbocycles. The Kier molecular flexibility index (Phi) is 5.12. The molecule has 0 atom stereocenters. The van der Waals surface area contributed by atoms with Crippen LogP contribution in [-0.4, -0.2) is 11.0 Å². The highest BCUT2D eigenvalue weighted by Crippen LogP contribution is 2.30. The molecule has 1 aliphatic rings. The maximum absolute atomic E-state index is 11.0. The number of hydrogen-bond acceptors (Lipinski definition) is 3. The molecule has 0 heterocycles. The molecule has 2 rings (SSSR count). The molecule has 110 valence electrons. The highest BCUT2D eigenvalue weighted by Gasteiger charge is 2.23. The molecule has 1 saturated carbocycles. The third kappa shape index (κ3) is 3.79. The third-order valence-corrected chi connectivity index (χ3v) is 4.48. The summed E-state index contributed by atoms with van der Waals surface area (Å²) in [5.41, 5.74) is 0.999. The van der Waals surface area contributed by atoms with E-state index in [0.717, 1.165) is 17.4 Å². The van der Waals surface area contributed by atoms with Crippen LogP contribution in [0.2, 0.25) is 0 Å². The molecule has 20 heavy (non-hydrogen) atoms. The van der Waals surface area contributed by atoms with Gasteiger partial charge in [0, 0.05) is 24.2 Å². The van der Waals surface area contributed by atoms with Gasteiger partial charge in [-0.2, -0.15) is 0 Å². The molecule has 1 aromatic rings. The highest BCUT2D eigenvalue weighted by atomic mass is 16.6. The number of nitrogens with one attached hydrogen (secondary N) is 1. The van der Waals surface area contributed by atoms with Crippen molar-refractivity contribution in [1.82, 2.24) is 5.32 Å². The van der Waals surface area contributed by atoms with Gasteiger partial charge in [-0.25, -0.2) is 0 Å². The van der Waals surface area contributed by atoms with Gasteiger partial charge in [-0.15, -0.1) is 0 Å². The van der Waals surface area contributed by atoms with Crippen LogP contribution in [0.4, 0.5) is 5.69 Å². The van der Waals surface area contributed by atoms with E-state index in [0.29, 0.717) is 12.6 Å². The lowest BCUT2D eigenvalue weighted by atomic mass is 9.79. The van der Waals surface area contributed by atoms with E-state index in [1.54, 1.807) is 12.1 Å².